The summed E-state index contributed by atoms with van der Waals surface area (Å²) >= 11 is 0. The Morgan fingerprint density at radius 1 is 1.26 bits per heavy atom. The van der Waals surface area contributed by atoms with Gasteiger partial charge in [-0.1, -0.05) is 5.16 Å². The van der Waals surface area contributed by atoms with Crippen molar-refractivity contribution in [3.8, 4) is 11.4 Å². The van der Waals surface area contributed by atoms with E-state index in [0.29, 0.717) is 24.2 Å². The van der Waals surface area contributed by atoms with E-state index in [0.717, 1.165) is 43.7 Å². The molecule has 3 aromatic rings. The molecular formula is C18H23N7O2. The maximum absolute atomic E-state index is 12.7. The molecule has 0 atom stereocenters. The molecule has 0 radical (unpaired) electrons. The van der Waals surface area contributed by atoms with Gasteiger partial charge < -0.3 is 9.84 Å². The van der Waals surface area contributed by atoms with Gasteiger partial charge in [-0.05, 0) is 50.9 Å². The average molecular weight is 369 g/mol. The van der Waals surface area contributed by atoms with Crippen molar-refractivity contribution in [2.45, 2.75) is 39.3 Å². The number of piperidine rings is 1. The van der Waals surface area contributed by atoms with Crippen LogP contribution in [0.1, 0.15) is 31.5 Å². The van der Waals surface area contributed by atoms with Crippen LogP contribution in [-0.2, 0) is 19.5 Å². The van der Waals surface area contributed by atoms with Crippen LogP contribution in [0.25, 0.3) is 11.4 Å². The second-order valence-electron chi connectivity index (χ2n) is 6.75. The minimum atomic E-state index is -0.134. The summed E-state index contributed by atoms with van der Waals surface area (Å²) in [5, 5.41) is 11.9. The minimum absolute atomic E-state index is 0.134. The first-order valence-corrected chi connectivity index (χ1v) is 9.35. The Morgan fingerprint density at radius 2 is 2.04 bits per heavy atom. The molecule has 1 N–H and O–H groups in total. The third-order valence-electron chi connectivity index (χ3n) is 4.94. The van der Waals surface area contributed by atoms with Crippen molar-refractivity contribution in [1.29, 1.82) is 0 Å². The molecule has 0 spiro atoms. The third kappa shape index (κ3) is 3.82. The topological polar surface area (TPSA) is 104 Å². The Balaban J connectivity index is 1.54. The van der Waals surface area contributed by atoms with Crippen LogP contribution in [0.4, 0.5) is 0 Å². The zero-order chi connectivity index (χ0) is 18.6. The van der Waals surface area contributed by atoms with Gasteiger partial charge in [0.15, 0.2) is 0 Å². The summed E-state index contributed by atoms with van der Waals surface area (Å²) in [5.74, 6) is 2.24. The lowest BCUT2D eigenvalue weighted by molar-refractivity contribution is 0.358. The summed E-state index contributed by atoms with van der Waals surface area (Å²) in [4.78, 5) is 21.0. The molecule has 27 heavy (non-hydrogen) atoms. The molecule has 9 heteroatoms. The van der Waals surface area contributed by atoms with Gasteiger partial charge in [0.05, 0.1) is 0 Å². The quantitative estimate of drug-likeness (QED) is 0.694. The second kappa shape index (κ2) is 7.83. The Labute approximate surface area is 156 Å². The molecule has 4 rings (SSSR count). The van der Waals surface area contributed by atoms with Gasteiger partial charge in [-0.25, -0.2) is 9.48 Å². The second-order valence-corrected chi connectivity index (χ2v) is 6.75. The zero-order valence-electron chi connectivity index (χ0n) is 15.3. The Hall–Kier alpha value is -2.81. The summed E-state index contributed by atoms with van der Waals surface area (Å²) < 4.78 is 8.47. The van der Waals surface area contributed by atoms with Crippen molar-refractivity contribution in [2.24, 2.45) is 5.92 Å². The van der Waals surface area contributed by atoms with E-state index in [-0.39, 0.29) is 12.2 Å². The van der Waals surface area contributed by atoms with Gasteiger partial charge in [0.1, 0.15) is 12.4 Å². The van der Waals surface area contributed by atoms with Crippen LogP contribution in [0.5, 0.6) is 0 Å². The van der Waals surface area contributed by atoms with Crippen LogP contribution in [0.3, 0.4) is 0 Å². The molecule has 0 aliphatic carbocycles. The fourth-order valence-corrected chi connectivity index (χ4v) is 3.47. The smallest absolute Gasteiger partial charge is 0.337 e. The highest BCUT2D eigenvalue weighted by Crippen LogP contribution is 2.17. The van der Waals surface area contributed by atoms with E-state index in [1.54, 1.807) is 17.0 Å². The summed E-state index contributed by atoms with van der Waals surface area (Å²) in [5.41, 5.74) is 0.683. The summed E-state index contributed by atoms with van der Waals surface area (Å²) in [6.45, 7) is 4.80. The number of aromatic nitrogens is 6. The van der Waals surface area contributed by atoms with Crippen molar-refractivity contribution in [2.75, 3.05) is 13.1 Å². The van der Waals surface area contributed by atoms with E-state index in [1.807, 2.05) is 19.1 Å². The Morgan fingerprint density at radius 3 is 2.78 bits per heavy atom. The Kier molecular flexibility index (Phi) is 5.10. The molecule has 0 amide bonds. The van der Waals surface area contributed by atoms with Gasteiger partial charge >= 0.3 is 5.69 Å². The SMILES string of the molecule is CCn1c(CC2CCNCC2)nn(Cc2nc(-c3ccncc3)no2)c1=O. The largest absolute Gasteiger partial charge is 0.346 e. The fraction of sp³-hybridized carbons (Fsp3) is 0.500. The molecule has 0 bridgehead atoms. The number of hydrogen-bond donors (Lipinski definition) is 1. The van der Waals surface area contributed by atoms with E-state index in [1.165, 1.54) is 4.68 Å². The first kappa shape index (κ1) is 17.6. The predicted molar refractivity (Wildman–Crippen MR) is 98.1 cm³/mol. The molecule has 1 fully saturated rings. The van der Waals surface area contributed by atoms with Crippen molar-refractivity contribution >= 4 is 0 Å². The van der Waals surface area contributed by atoms with Crippen molar-refractivity contribution in [1.82, 2.24) is 34.8 Å². The monoisotopic (exact) mass is 369 g/mol. The van der Waals surface area contributed by atoms with Crippen LogP contribution in [0.2, 0.25) is 0 Å². The van der Waals surface area contributed by atoms with Gasteiger partial charge in [0.25, 0.3) is 0 Å². The summed E-state index contributed by atoms with van der Waals surface area (Å²) in [7, 11) is 0. The van der Waals surface area contributed by atoms with Crippen LogP contribution in [-0.4, -0.2) is 42.6 Å². The molecule has 0 unspecified atom stereocenters. The highest BCUT2D eigenvalue weighted by Gasteiger charge is 2.20. The zero-order valence-corrected chi connectivity index (χ0v) is 15.3. The Bertz CT molecular complexity index is 938. The first-order chi connectivity index (χ1) is 13.2. The van der Waals surface area contributed by atoms with Gasteiger partial charge in [0, 0.05) is 30.9 Å². The fourth-order valence-electron chi connectivity index (χ4n) is 3.47. The lowest BCUT2D eigenvalue weighted by atomic mass is 9.94. The number of rotatable bonds is 6. The highest BCUT2D eigenvalue weighted by atomic mass is 16.5. The predicted octanol–water partition coefficient (Wildman–Crippen LogP) is 1.10. The number of pyridine rings is 1. The van der Waals surface area contributed by atoms with Crippen LogP contribution >= 0.6 is 0 Å². The third-order valence-corrected chi connectivity index (χ3v) is 4.94. The molecular weight excluding hydrogens is 346 g/mol. The van der Waals surface area contributed by atoms with E-state index in [4.69, 9.17) is 4.52 Å². The normalized spacial score (nSPS) is 15.3. The van der Waals surface area contributed by atoms with Crippen LogP contribution < -0.4 is 11.0 Å². The lowest BCUT2D eigenvalue weighted by Gasteiger charge is -2.21. The maximum Gasteiger partial charge on any atom is 0.346 e. The van der Waals surface area contributed by atoms with Crippen molar-refractivity contribution in [3.05, 3.63) is 46.7 Å². The van der Waals surface area contributed by atoms with Gasteiger partial charge in [-0.15, -0.1) is 0 Å². The molecule has 4 heterocycles. The van der Waals surface area contributed by atoms with Gasteiger partial charge in [-0.2, -0.15) is 10.1 Å². The van der Waals surface area contributed by atoms with Gasteiger partial charge in [-0.3, -0.25) is 9.55 Å². The van der Waals surface area contributed by atoms with E-state index < -0.39 is 0 Å². The van der Waals surface area contributed by atoms with E-state index >= 15 is 0 Å². The molecule has 3 aromatic heterocycles. The number of nitrogens with one attached hydrogen (secondary N) is 1. The maximum atomic E-state index is 12.7. The lowest BCUT2D eigenvalue weighted by Crippen LogP contribution is -2.30. The minimum Gasteiger partial charge on any atom is -0.337 e. The highest BCUT2D eigenvalue weighted by molar-refractivity contribution is 5.52. The summed E-state index contributed by atoms with van der Waals surface area (Å²) in [6, 6.07) is 3.62. The molecule has 1 aliphatic heterocycles. The molecule has 142 valence electrons. The molecule has 0 saturated carbocycles. The van der Waals surface area contributed by atoms with E-state index in [9.17, 15) is 4.79 Å². The molecule has 0 aromatic carbocycles. The first-order valence-electron chi connectivity index (χ1n) is 9.35. The van der Waals surface area contributed by atoms with E-state index in [2.05, 4.69) is 25.5 Å². The van der Waals surface area contributed by atoms with Gasteiger partial charge in [0.2, 0.25) is 11.7 Å². The molecule has 9 nitrogen and oxygen atoms in total. The molecule has 1 aliphatic rings. The molecule has 1 saturated heterocycles. The standard InChI is InChI=1S/C18H23N7O2/c1-2-24-15(11-13-3-7-19-8-4-13)22-25(18(24)26)12-16-21-17(23-27-16)14-5-9-20-10-6-14/h5-6,9-10,13,19H,2-4,7-8,11-12H2,1H3. The average Bonchev–Trinajstić information content (AvgIpc) is 3.28. The van der Waals surface area contributed by atoms with Crippen molar-refractivity contribution in [3.63, 3.8) is 0 Å². The summed E-state index contributed by atoms with van der Waals surface area (Å²) in [6.07, 6.45) is 6.40. The number of nitrogens with zero attached hydrogens (tertiary/aromatic N) is 6. The van der Waals surface area contributed by atoms with Crippen LogP contribution in [0.15, 0.2) is 33.8 Å². The van der Waals surface area contributed by atoms with Crippen LogP contribution in [0, 0.1) is 5.92 Å². The number of hydrogen-bond acceptors (Lipinski definition) is 7. The van der Waals surface area contributed by atoms with Crippen molar-refractivity contribution < 1.29 is 4.52 Å².